The van der Waals surface area contributed by atoms with Crippen LogP contribution in [-0.4, -0.2) is 37.1 Å². The second-order valence-electron chi connectivity index (χ2n) is 4.00. The highest BCUT2D eigenvalue weighted by Crippen LogP contribution is 2.05. The van der Waals surface area contributed by atoms with Crippen LogP contribution in [-0.2, 0) is 9.53 Å². The first-order chi connectivity index (χ1) is 7.74. The van der Waals surface area contributed by atoms with Gasteiger partial charge in [-0.1, -0.05) is 26.7 Å². The average molecular weight is 229 g/mol. The summed E-state index contributed by atoms with van der Waals surface area (Å²) in [4.78, 5) is 13.5. The first-order valence-electron chi connectivity index (χ1n) is 6.62. The quantitative estimate of drug-likeness (QED) is 0.426. The van der Waals surface area contributed by atoms with Gasteiger partial charge in [0.25, 0.3) is 0 Å². The molecule has 0 aromatic rings. The van der Waals surface area contributed by atoms with Crippen molar-refractivity contribution < 1.29 is 9.53 Å². The fourth-order valence-electron chi connectivity index (χ4n) is 1.73. The molecular formula is C13H27NO2. The Hall–Kier alpha value is -0.570. The third kappa shape index (κ3) is 8.72. The fraction of sp³-hybridized carbons (Fsp3) is 0.923. The molecule has 0 aromatic heterocycles. The highest BCUT2D eigenvalue weighted by atomic mass is 16.5. The van der Waals surface area contributed by atoms with Crippen LogP contribution < -0.4 is 0 Å². The van der Waals surface area contributed by atoms with E-state index in [1.165, 1.54) is 19.4 Å². The molecule has 0 heterocycles. The van der Waals surface area contributed by atoms with Crippen molar-refractivity contribution in [3.8, 4) is 0 Å². The van der Waals surface area contributed by atoms with E-state index in [1.807, 2.05) is 6.92 Å². The summed E-state index contributed by atoms with van der Waals surface area (Å²) in [7, 11) is 0. The number of nitrogens with zero attached hydrogens (tertiary/aromatic N) is 1. The minimum atomic E-state index is -0.0498. The monoisotopic (exact) mass is 229 g/mol. The van der Waals surface area contributed by atoms with Crippen molar-refractivity contribution >= 4 is 5.97 Å². The summed E-state index contributed by atoms with van der Waals surface area (Å²) in [5, 5.41) is 0. The van der Waals surface area contributed by atoms with Gasteiger partial charge in [0.15, 0.2) is 0 Å². The van der Waals surface area contributed by atoms with E-state index < -0.39 is 0 Å². The summed E-state index contributed by atoms with van der Waals surface area (Å²) >= 11 is 0. The van der Waals surface area contributed by atoms with Crippen LogP contribution in [0.15, 0.2) is 0 Å². The molecule has 0 N–H and O–H groups in total. The SMILES string of the molecule is CCOC(=O)CCCCCCN(CC)CC. The molecule has 0 spiro atoms. The molecule has 0 unspecified atom stereocenters. The van der Waals surface area contributed by atoms with E-state index in [2.05, 4.69) is 18.7 Å². The Morgan fingerprint density at radius 2 is 1.62 bits per heavy atom. The summed E-state index contributed by atoms with van der Waals surface area (Å²) in [6, 6.07) is 0. The second kappa shape index (κ2) is 10.9. The molecule has 0 aliphatic carbocycles. The molecule has 0 fully saturated rings. The van der Waals surface area contributed by atoms with Gasteiger partial charge in [-0.2, -0.15) is 0 Å². The molecular weight excluding hydrogens is 202 g/mol. The smallest absolute Gasteiger partial charge is 0.305 e. The maximum absolute atomic E-state index is 11.0. The molecule has 96 valence electrons. The van der Waals surface area contributed by atoms with Crippen LogP contribution in [0.5, 0.6) is 0 Å². The van der Waals surface area contributed by atoms with Crippen LogP contribution in [0.4, 0.5) is 0 Å². The zero-order chi connectivity index (χ0) is 12.2. The molecule has 0 rings (SSSR count). The highest BCUT2D eigenvalue weighted by Gasteiger charge is 2.01. The Morgan fingerprint density at radius 1 is 1.00 bits per heavy atom. The number of rotatable bonds is 10. The largest absolute Gasteiger partial charge is 0.466 e. The molecule has 0 atom stereocenters. The molecule has 0 saturated carbocycles. The summed E-state index contributed by atoms with van der Waals surface area (Å²) in [6.07, 6.45) is 5.15. The van der Waals surface area contributed by atoms with E-state index in [0.29, 0.717) is 13.0 Å². The number of hydrogen-bond donors (Lipinski definition) is 0. The lowest BCUT2D eigenvalue weighted by Gasteiger charge is -2.17. The molecule has 0 aromatic carbocycles. The Morgan fingerprint density at radius 3 is 2.19 bits per heavy atom. The van der Waals surface area contributed by atoms with Crippen LogP contribution in [0.1, 0.15) is 52.9 Å². The van der Waals surface area contributed by atoms with Gasteiger partial charge in [0.1, 0.15) is 0 Å². The second-order valence-corrected chi connectivity index (χ2v) is 4.00. The van der Waals surface area contributed by atoms with E-state index >= 15 is 0 Å². The van der Waals surface area contributed by atoms with Gasteiger partial charge in [-0.25, -0.2) is 0 Å². The van der Waals surface area contributed by atoms with Gasteiger partial charge in [-0.15, -0.1) is 0 Å². The van der Waals surface area contributed by atoms with Crippen molar-refractivity contribution in [1.82, 2.24) is 4.90 Å². The summed E-state index contributed by atoms with van der Waals surface area (Å²) in [5.41, 5.74) is 0. The number of ether oxygens (including phenoxy) is 1. The lowest BCUT2D eigenvalue weighted by atomic mass is 10.1. The summed E-state index contributed by atoms with van der Waals surface area (Å²) in [6.45, 7) is 10.2. The molecule has 0 radical (unpaired) electrons. The van der Waals surface area contributed by atoms with Gasteiger partial charge >= 0.3 is 5.97 Å². The van der Waals surface area contributed by atoms with E-state index in [0.717, 1.165) is 25.9 Å². The fourth-order valence-corrected chi connectivity index (χ4v) is 1.73. The maximum atomic E-state index is 11.0. The minimum absolute atomic E-state index is 0.0498. The molecule has 0 aliphatic rings. The molecule has 0 amide bonds. The topological polar surface area (TPSA) is 29.5 Å². The van der Waals surface area contributed by atoms with Crippen LogP contribution in [0.25, 0.3) is 0 Å². The normalized spacial score (nSPS) is 10.8. The number of carbonyl (C=O) groups excluding carboxylic acids is 1. The first-order valence-corrected chi connectivity index (χ1v) is 6.62. The van der Waals surface area contributed by atoms with Crippen LogP contribution in [0.3, 0.4) is 0 Å². The molecule has 0 bridgehead atoms. The van der Waals surface area contributed by atoms with Crippen LogP contribution >= 0.6 is 0 Å². The van der Waals surface area contributed by atoms with Crippen LogP contribution in [0, 0.1) is 0 Å². The maximum Gasteiger partial charge on any atom is 0.305 e. The molecule has 3 nitrogen and oxygen atoms in total. The summed E-state index contributed by atoms with van der Waals surface area (Å²) in [5.74, 6) is -0.0498. The van der Waals surface area contributed by atoms with Crippen molar-refractivity contribution in [2.24, 2.45) is 0 Å². The summed E-state index contributed by atoms with van der Waals surface area (Å²) < 4.78 is 4.87. The number of hydrogen-bond acceptors (Lipinski definition) is 3. The average Bonchev–Trinajstić information content (AvgIpc) is 2.29. The minimum Gasteiger partial charge on any atom is -0.466 e. The first kappa shape index (κ1) is 15.4. The zero-order valence-corrected chi connectivity index (χ0v) is 11.1. The van der Waals surface area contributed by atoms with Crippen molar-refractivity contribution in [2.45, 2.75) is 52.9 Å². The van der Waals surface area contributed by atoms with Crippen molar-refractivity contribution in [3.63, 3.8) is 0 Å². The lowest BCUT2D eigenvalue weighted by Crippen LogP contribution is -2.23. The van der Waals surface area contributed by atoms with E-state index in [-0.39, 0.29) is 5.97 Å². The predicted molar refractivity (Wildman–Crippen MR) is 67.5 cm³/mol. The van der Waals surface area contributed by atoms with E-state index in [1.54, 1.807) is 0 Å². The molecule has 0 saturated heterocycles. The molecule has 3 heteroatoms. The van der Waals surface area contributed by atoms with Crippen molar-refractivity contribution in [3.05, 3.63) is 0 Å². The highest BCUT2D eigenvalue weighted by molar-refractivity contribution is 5.69. The van der Waals surface area contributed by atoms with Gasteiger partial charge in [-0.3, -0.25) is 4.79 Å². The van der Waals surface area contributed by atoms with Gasteiger partial charge in [0.2, 0.25) is 0 Å². The van der Waals surface area contributed by atoms with Gasteiger partial charge in [-0.05, 0) is 39.4 Å². The Bertz CT molecular complexity index is 167. The van der Waals surface area contributed by atoms with Crippen LogP contribution in [0.2, 0.25) is 0 Å². The lowest BCUT2D eigenvalue weighted by molar-refractivity contribution is -0.143. The number of unbranched alkanes of at least 4 members (excludes halogenated alkanes) is 3. The standard InChI is InChI=1S/C13H27NO2/c1-4-14(5-2)12-10-8-7-9-11-13(15)16-6-3/h4-12H2,1-3H3. The Labute approximate surface area is 100 Å². The zero-order valence-electron chi connectivity index (χ0n) is 11.1. The number of carbonyl (C=O) groups is 1. The predicted octanol–water partition coefficient (Wildman–Crippen LogP) is 2.84. The number of esters is 1. The van der Waals surface area contributed by atoms with E-state index in [4.69, 9.17) is 4.74 Å². The van der Waals surface area contributed by atoms with Gasteiger partial charge in [0.05, 0.1) is 6.61 Å². The molecule has 16 heavy (non-hydrogen) atoms. The van der Waals surface area contributed by atoms with Crippen molar-refractivity contribution in [2.75, 3.05) is 26.2 Å². The Balaban J connectivity index is 3.24. The third-order valence-corrected chi connectivity index (χ3v) is 2.80. The van der Waals surface area contributed by atoms with Gasteiger partial charge < -0.3 is 9.64 Å². The van der Waals surface area contributed by atoms with Gasteiger partial charge in [0, 0.05) is 6.42 Å². The third-order valence-electron chi connectivity index (χ3n) is 2.80. The van der Waals surface area contributed by atoms with Crippen molar-refractivity contribution in [1.29, 1.82) is 0 Å². The Kier molecular flexibility index (Phi) is 10.5. The molecule has 0 aliphatic heterocycles. The van der Waals surface area contributed by atoms with E-state index in [9.17, 15) is 4.79 Å².